The first-order valence-electron chi connectivity index (χ1n) is 7.84. The SMILES string of the molecule is Cc1cc(C)cc(CNCC2CN(C3CC3)CCO2)c1. The molecule has 20 heavy (non-hydrogen) atoms. The van der Waals surface area contributed by atoms with Crippen LogP contribution in [0.4, 0.5) is 0 Å². The number of nitrogens with zero attached hydrogens (tertiary/aromatic N) is 1. The molecule has 0 spiro atoms. The van der Waals surface area contributed by atoms with Gasteiger partial charge in [-0.25, -0.2) is 0 Å². The summed E-state index contributed by atoms with van der Waals surface area (Å²) in [5.41, 5.74) is 4.06. The smallest absolute Gasteiger partial charge is 0.0826 e. The Morgan fingerprint density at radius 2 is 1.95 bits per heavy atom. The quantitative estimate of drug-likeness (QED) is 0.891. The van der Waals surface area contributed by atoms with E-state index in [4.69, 9.17) is 4.74 Å². The molecule has 1 saturated carbocycles. The summed E-state index contributed by atoms with van der Waals surface area (Å²) in [5.74, 6) is 0. The third-order valence-corrected chi connectivity index (χ3v) is 4.22. The summed E-state index contributed by atoms with van der Waals surface area (Å²) in [6.07, 6.45) is 3.14. The van der Waals surface area contributed by atoms with Gasteiger partial charge in [-0.2, -0.15) is 0 Å². The van der Waals surface area contributed by atoms with Crippen molar-refractivity contribution >= 4 is 0 Å². The summed E-state index contributed by atoms with van der Waals surface area (Å²) in [7, 11) is 0. The first-order valence-corrected chi connectivity index (χ1v) is 7.84. The van der Waals surface area contributed by atoms with Crippen LogP contribution >= 0.6 is 0 Å². The minimum atomic E-state index is 0.357. The maximum absolute atomic E-state index is 5.87. The lowest BCUT2D eigenvalue weighted by Gasteiger charge is -2.33. The maximum Gasteiger partial charge on any atom is 0.0826 e. The molecular formula is C17H26N2O. The minimum absolute atomic E-state index is 0.357. The van der Waals surface area contributed by atoms with Crippen LogP contribution < -0.4 is 5.32 Å². The molecule has 1 aliphatic carbocycles. The molecule has 2 fully saturated rings. The summed E-state index contributed by atoms with van der Waals surface area (Å²) >= 11 is 0. The number of hydrogen-bond acceptors (Lipinski definition) is 3. The Bertz CT molecular complexity index is 436. The summed E-state index contributed by atoms with van der Waals surface area (Å²) in [6, 6.07) is 7.61. The fraction of sp³-hybridized carbons (Fsp3) is 0.647. The normalized spacial score (nSPS) is 24.0. The van der Waals surface area contributed by atoms with E-state index >= 15 is 0 Å². The summed E-state index contributed by atoms with van der Waals surface area (Å²) in [6.45, 7) is 9.33. The van der Waals surface area contributed by atoms with E-state index in [9.17, 15) is 0 Å². The predicted octanol–water partition coefficient (Wildman–Crippen LogP) is 2.26. The Morgan fingerprint density at radius 3 is 2.65 bits per heavy atom. The zero-order valence-corrected chi connectivity index (χ0v) is 12.7. The van der Waals surface area contributed by atoms with E-state index in [0.717, 1.165) is 38.8 Å². The monoisotopic (exact) mass is 274 g/mol. The fourth-order valence-corrected chi connectivity index (χ4v) is 3.19. The van der Waals surface area contributed by atoms with Crippen molar-refractivity contribution in [3.05, 3.63) is 34.9 Å². The van der Waals surface area contributed by atoms with Crippen molar-refractivity contribution in [1.82, 2.24) is 10.2 Å². The lowest BCUT2D eigenvalue weighted by molar-refractivity contribution is -0.0301. The second-order valence-corrected chi connectivity index (χ2v) is 6.35. The van der Waals surface area contributed by atoms with Gasteiger partial charge in [0.25, 0.3) is 0 Å². The number of rotatable bonds is 5. The van der Waals surface area contributed by atoms with Gasteiger partial charge in [-0.05, 0) is 32.3 Å². The van der Waals surface area contributed by atoms with E-state index in [1.54, 1.807) is 0 Å². The summed E-state index contributed by atoms with van der Waals surface area (Å²) in [5, 5.41) is 3.55. The lowest BCUT2D eigenvalue weighted by atomic mass is 10.1. The van der Waals surface area contributed by atoms with Crippen molar-refractivity contribution < 1.29 is 4.74 Å². The highest BCUT2D eigenvalue weighted by Crippen LogP contribution is 2.28. The van der Waals surface area contributed by atoms with Crippen molar-refractivity contribution in [3.8, 4) is 0 Å². The van der Waals surface area contributed by atoms with Crippen LogP contribution in [0.25, 0.3) is 0 Å². The van der Waals surface area contributed by atoms with Crippen molar-refractivity contribution in [1.29, 1.82) is 0 Å². The molecule has 0 bridgehead atoms. The van der Waals surface area contributed by atoms with E-state index in [0.29, 0.717) is 6.10 Å². The first kappa shape index (κ1) is 14.1. The van der Waals surface area contributed by atoms with E-state index in [-0.39, 0.29) is 0 Å². The molecule has 1 saturated heterocycles. The molecule has 1 aromatic rings. The Morgan fingerprint density at radius 1 is 1.20 bits per heavy atom. The van der Waals surface area contributed by atoms with Gasteiger partial charge in [0.1, 0.15) is 0 Å². The molecule has 1 aliphatic heterocycles. The molecule has 1 atom stereocenters. The van der Waals surface area contributed by atoms with Crippen LogP contribution in [0.3, 0.4) is 0 Å². The minimum Gasteiger partial charge on any atom is -0.374 e. The van der Waals surface area contributed by atoms with Gasteiger partial charge in [-0.1, -0.05) is 29.3 Å². The molecule has 0 radical (unpaired) electrons. The first-order chi connectivity index (χ1) is 9.70. The number of morpholine rings is 1. The Kier molecular flexibility index (Phi) is 4.39. The molecule has 1 heterocycles. The average Bonchev–Trinajstić information content (AvgIpc) is 3.22. The molecule has 110 valence electrons. The second kappa shape index (κ2) is 6.25. The maximum atomic E-state index is 5.87. The zero-order chi connectivity index (χ0) is 13.9. The highest BCUT2D eigenvalue weighted by molar-refractivity contribution is 5.28. The van der Waals surface area contributed by atoms with Gasteiger partial charge in [-0.15, -0.1) is 0 Å². The van der Waals surface area contributed by atoms with Crippen molar-refractivity contribution in [2.45, 2.75) is 45.4 Å². The molecule has 3 heteroatoms. The van der Waals surface area contributed by atoms with Gasteiger partial charge >= 0.3 is 0 Å². The molecule has 3 rings (SSSR count). The molecule has 1 aromatic carbocycles. The zero-order valence-electron chi connectivity index (χ0n) is 12.7. The molecular weight excluding hydrogens is 248 g/mol. The summed E-state index contributed by atoms with van der Waals surface area (Å²) < 4.78 is 5.87. The highest BCUT2D eigenvalue weighted by atomic mass is 16.5. The van der Waals surface area contributed by atoms with Gasteiger partial charge in [0.05, 0.1) is 12.7 Å². The van der Waals surface area contributed by atoms with Crippen LogP contribution in [-0.4, -0.2) is 43.3 Å². The molecule has 0 amide bonds. The van der Waals surface area contributed by atoms with Crippen LogP contribution in [0.15, 0.2) is 18.2 Å². The highest BCUT2D eigenvalue weighted by Gasteiger charge is 2.32. The van der Waals surface area contributed by atoms with Crippen molar-refractivity contribution in [3.63, 3.8) is 0 Å². The number of benzene rings is 1. The van der Waals surface area contributed by atoms with E-state index in [1.807, 2.05) is 0 Å². The van der Waals surface area contributed by atoms with Gasteiger partial charge in [-0.3, -0.25) is 4.90 Å². The number of ether oxygens (including phenoxy) is 1. The molecule has 3 nitrogen and oxygen atoms in total. The van der Waals surface area contributed by atoms with E-state index < -0.39 is 0 Å². The van der Waals surface area contributed by atoms with Crippen LogP contribution in [0.2, 0.25) is 0 Å². The number of hydrogen-bond donors (Lipinski definition) is 1. The van der Waals surface area contributed by atoms with Gasteiger partial charge < -0.3 is 10.1 Å². The number of aryl methyl sites for hydroxylation is 2. The topological polar surface area (TPSA) is 24.5 Å². The Hall–Kier alpha value is -0.900. The molecule has 0 aromatic heterocycles. The van der Waals surface area contributed by atoms with Crippen LogP contribution in [-0.2, 0) is 11.3 Å². The van der Waals surface area contributed by atoms with Gasteiger partial charge in [0.2, 0.25) is 0 Å². The Labute approximate surface area is 122 Å². The standard InChI is InChI=1S/C17H26N2O/c1-13-7-14(2)9-15(8-13)10-18-11-17-12-19(5-6-20-17)16-3-4-16/h7-9,16-18H,3-6,10-12H2,1-2H3. The third-order valence-electron chi connectivity index (χ3n) is 4.22. The molecule has 2 aliphatic rings. The van der Waals surface area contributed by atoms with Gasteiger partial charge in [0.15, 0.2) is 0 Å². The van der Waals surface area contributed by atoms with E-state index in [2.05, 4.69) is 42.3 Å². The number of nitrogens with one attached hydrogen (secondary N) is 1. The molecule has 1 N–H and O–H groups in total. The average molecular weight is 274 g/mol. The Balaban J connectivity index is 1.44. The van der Waals surface area contributed by atoms with E-state index in [1.165, 1.54) is 29.5 Å². The molecule has 1 unspecified atom stereocenters. The van der Waals surface area contributed by atoms with Crippen LogP contribution in [0, 0.1) is 13.8 Å². The largest absolute Gasteiger partial charge is 0.374 e. The third kappa shape index (κ3) is 3.81. The van der Waals surface area contributed by atoms with Gasteiger partial charge in [0, 0.05) is 32.2 Å². The van der Waals surface area contributed by atoms with Crippen molar-refractivity contribution in [2.75, 3.05) is 26.2 Å². The second-order valence-electron chi connectivity index (χ2n) is 6.35. The van der Waals surface area contributed by atoms with Crippen LogP contribution in [0.5, 0.6) is 0 Å². The predicted molar refractivity (Wildman–Crippen MR) is 82.0 cm³/mol. The van der Waals surface area contributed by atoms with Crippen molar-refractivity contribution in [2.24, 2.45) is 0 Å². The lowest BCUT2D eigenvalue weighted by Crippen LogP contribution is -2.47. The summed E-state index contributed by atoms with van der Waals surface area (Å²) in [4.78, 5) is 2.60. The van der Waals surface area contributed by atoms with Crippen LogP contribution in [0.1, 0.15) is 29.5 Å². The fourth-order valence-electron chi connectivity index (χ4n) is 3.19.